The topological polar surface area (TPSA) is 172 Å². The molecule has 24 rings (SSSR count). The van der Waals surface area contributed by atoms with Crippen molar-refractivity contribution in [3.8, 4) is 142 Å². The number of hydrogen-bond donors (Lipinski definition) is 1. The van der Waals surface area contributed by atoms with Gasteiger partial charge in [0.05, 0.1) is 44.5 Å². The molecule has 0 aliphatic heterocycles. The van der Waals surface area contributed by atoms with Gasteiger partial charge in [-0.05, 0) is 138 Å². The van der Waals surface area contributed by atoms with Crippen molar-refractivity contribution in [2.24, 2.45) is 0 Å². The van der Waals surface area contributed by atoms with E-state index in [4.69, 9.17) is 54.8 Å². The molecule has 0 saturated carbocycles. The highest BCUT2D eigenvalue weighted by Gasteiger charge is 2.23. The number of aromatic amines is 1. The van der Waals surface area contributed by atoms with E-state index in [0.717, 1.165) is 156 Å². The van der Waals surface area contributed by atoms with Crippen molar-refractivity contribution in [1.82, 2.24) is 73.5 Å². The molecule has 0 saturated heterocycles. The molecule has 24 aromatic rings. The second-order valence-corrected chi connectivity index (χ2v) is 30.7. The Kier molecular flexibility index (Phi) is 17.8. The van der Waals surface area contributed by atoms with E-state index < -0.39 is 0 Å². The first kappa shape index (κ1) is 72.1. The molecule has 0 fully saturated rings. The number of nitrogens with one attached hydrogen (secondary N) is 1. The van der Waals surface area contributed by atoms with Crippen molar-refractivity contribution in [2.45, 2.75) is 0 Å². The smallest absolute Gasteiger partial charge is 0.164 e. The number of fused-ring (bicyclic) bond motifs is 12. The van der Waals surface area contributed by atoms with Crippen LogP contribution in [0.1, 0.15) is 0 Å². The molecular formula is C109H69N15. The summed E-state index contributed by atoms with van der Waals surface area (Å²) in [5, 5.41) is 9.34. The quantitative estimate of drug-likeness (QED) is 0.110. The third kappa shape index (κ3) is 13.2. The molecule has 15 heteroatoms. The Bertz CT molecular complexity index is 7780. The van der Waals surface area contributed by atoms with Gasteiger partial charge in [-0.2, -0.15) is 0 Å². The maximum Gasteiger partial charge on any atom is 0.164 e. The van der Waals surface area contributed by atoms with Gasteiger partial charge < -0.3 is 4.98 Å². The minimum atomic E-state index is 0.574. The molecule has 1 N–H and O–H groups in total. The first-order valence-corrected chi connectivity index (χ1v) is 41.2. The Morgan fingerprint density at radius 2 is 0.427 bits per heavy atom. The van der Waals surface area contributed by atoms with Crippen LogP contribution in [0.2, 0.25) is 0 Å². The molecule has 0 aliphatic rings. The highest BCUT2D eigenvalue weighted by Crippen LogP contribution is 2.42. The van der Waals surface area contributed by atoms with Gasteiger partial charge in [0.25, 0.3) is 0 Å². The maximum atomic E-state index is 5.13. The van der Waals surface area contributed by atoms with Gasteiger partial charge in [-0.1, -0.05) is 279 Å². The first-order chi connectivity index (χ1) is 61.4. The van der Waals surface area contributed by atoms with E-state index in [1.165, 1.54) is 32.7 Å². The molecular weight excluding hydrogens is 1520 g/mol. The predicted molar refractivity (Wildman–Crippen MR) is 501 cm³/mol. The van der Waals surface area contributed by atoms with Crippen molar-refractivity contribution in [2.75, 3.05) is 0 Å². The lowest BCUT2D eigenvalue weighted by Crippen LogP contribution is -2.02. The minimum absolute atomic E-state index is 0.574. The number of H-pyrrole nitrogens is 1. The van der Waals surface area contributed by atoms with Crippen molar-refractivity contribution in [1.29, 1.82) is 0 Å². The number of aromatic nitrogens is 15. The number of hydrogen-bond acceptors (Lipinski definition) is 11. The van der Waals surface area contributed by atoms with Crippen LogP contribution in [0.4, 0.5) is 0 Å². The number of nitrogens with zero attached hydrogens (tertiary/aromatic N) is 14. The summed E-state index contributed by atoms with van der Waals surface area (Å²) in [6.45, 7) is 0. The van der Waals surface area contributed by atoms with Crippen molar-refractivity contribution >= 4 is 87.2 Å². The van der Waals surface area contributed by atoms with E-state index >= 15 is 0 Å². The summed E-state index contributed by atoms with van der Waals surface area (Å²) in [6.07, 6.45) is 5.55. The first-order valence-electron chi connectivity index (χ1n) is 41.2. The van der Waals surface area contributed by atoms with Crippen LogP contribution < -0.4 is 0 Å². The highest BCUT2D eigenvalue weighted by atomic mass is 15.1. The number of para-hydroxylation sites is 4. The average molecular weight is 1590 g/mol. The molecule has 10 aromatic heterocycles. The van der Waals surface area contributed by atoms with Gasteiger partial charge in [0.1, 0.15) is 17.5 Å². The third-order valence-electron chi connectivity index (χ3n) is 23.2. The largest absolute Gasteiger partial charge is 0.355 e. The fourth-order valence-corrected chi connectivity index (χ4v) is 17.2. The number of rotatable bonds is 14. The van der Waals surface area contributed by atoms with E-state index in [2.05, 4.69) is 237 Å². The zero-order valence-corrected chi connectivity index (χ0v) is 66.5. The second-order valence-electron chi connectivity index (χ2n) is 30.7. The second kappa shape index (κ2) is 30.6. The van der Waals surface area contributed by atoms with Gasteiger partial charge in [-0.25, -0.2) is 54.8 Å². The summed E-state index contributed by atoms with van der Waals surface area (Å²) in [7, 11) is 0. The van der Waals surface area contributed by atoms with Crippen LogP contribution in [0, 0.1) is 0 Å². The van der Waals surface area contributed by atoms with Gasteiger partial charge in [-0.15, -0.1) is 0 Å². The molecule has 0 bridgehead atoms. The van der Waals surface area contributed by atoms with Gasteiger partial charge >= 0.3 is 0 Å². The van der Waals surface area contributed by atoms with Crippen LogP contribution in [0.25, 0.3) is 229 Å². The van der Waals surface area contributed by atoms with Crippen LogP contribution in [0.5, 0.6) is 0 Å². The molecule has 0 aliphatic carbocycles. The normalized spacial score (nSPS) is 11.5. The number of benzene rings is 14. The molecule has 0 unspecified atom stereocenters. The summed E-state index contributed by atoms with van der Waals surface area (Å²) < 4.78 is 6.73. The van der Waals surface area contributed by atoms with Gasteiger partial charge in [0.2, 0.25) is 0 Å². The fraction of sp³-hybridized carbons (Fsp3) is 0. The predicted octanol–water partition coefficient (Wildman–Crippen LogP) is 26.0. The molecule has 15 nitrogen and oxygen atoms in total. The molecule has 0 amide bonds. The third-order valence-corrected chi connectivity index (χ3v) is 23.2. The Balaban J connectivity index is 0.000000154. The van der Waals surface area contributed by atoms with Crippen molar-refractivity contribution in [3.63, 3.8) is 0 Å². The van der Waals surface area contributed by atoms with E-state index in [9.17, 15) is 0 Å². The van der Waals surface area contributed by atoms with Crippen LogP contribution in [-0.2, 0) is 0 Å². The molecule has 124 heavy (non-hydrogen) atoms. The van der Waals surface area contributed by atoms with Crippen LogP contribution in [0.3, 0.4) is 0 Å². The van der Waals surface area contributed by atoms with E-state index in [-0.39, 0.29) is 0 Å². The Hall–Kier alpha value is -17.2. The van der Waals surface area contributed by atoms with Crippen LogP contribution in [0.15, 0.2) is 413 Å². The lowest BCUT2D eigenvalue weighted by atomic mass is 10.0. The van der Waals surface area contributed by atoms with Gasteiger partial charge in [0, 0.05) is 123 Å². The van der Waals surface area contributed by atoms with Gasteiger partial charge in [0.15, 0.2) is 40.8 Å². The summed E-state index contributed by atoms with van der Waals surface area (Å²) >= 11 is 0. The number of pyridine rings is 3. The summed E-state index contributed by atoms with van der Waals surface area (Å²) in [5.74, 6) is 6.69. The molecule has 580 valence electrons. The fourth-order valence-electron chi connectivity index (χ4n) is 17.2. The zero-order chi connectivity index (χ0) is 82.0. The summed E-state index contributed by atoms with van der Waals surface area (Å²) in [5.41, 5.74) is 23.3. The lowest BCUT2D eigenvalue weighted by molar-refractivity contribution is 1.05. The SMILES string of the molecule is c1ccc(-c2cc(-c3ccnc(-n4c5ccccc5c5cc(-c6ccc7c(c6)c6ccccc6n7-c6cc(-c7nc(-c8ccccc8)nc(-c8ccccc8)n7)ccn6)ccc54)c3)nc(-c3ccccc3)n2)cc1.c1ccc(-c2nc(-c3ccccc3)nc(-c3ccnc(-n4c5ccccc5c5cc(-c6ccc7[nH]c8ccccc8c7c6)ccc54)c3)n2)cc1. The average Bonchev–Trinajstić information content (AvgIpc) is 1.58. The molecule has 0 radical (unpaired) electrons. The molecule has 0 atom stereocenters. The molecule has 14 aromatic carbocycles. The monoisotopic (exact) mass is 1590 g/mol. The van der Waals surface area contributed by atoms with Crippen molar-refractivity contribution < 1.29 is 0 Å². The Morgan fingerprint density at radius 3 is 0.806 bits per heavy atom. The van der Waals surface area contributed by atoms with E-state index in [0.29, 0.717) is 40.8 Å². The Labute approximate surface area is 711 Å². The van der Waals surface area contributed by atoms with E-state index in [1.54, 1.807) is 0 Å². The highest BCUT2D eigenvalue weighted by molar-refractivity contribution is 6.14. The lowest BCUT2D eigenvalue weighted by Gasteiger charge is -2.12. The standard InChI is InChI=1S/C65H41N9.C44H28N6/c1-5-17-42(18-6-1)54-41-55(69-62(68-54)43-19-7-2-8-20-43)48-33-35-66-60(39-48)73-56-27-15-13-25-50(56)52-37-46(29-31-58(52)73)47-30-32-59-53(38-47)51-26-14-16-28-57(51)74(59)61-40-49(34-36-67-61)65-71-63(44-21-9-3-10-22-44)70-64(72-65)45-23-11-4-12-24-45;1-3-11-28(12-4-1)42-47-43(29-13-5-2-6-14-29)49-44(48-42)32-23-24-45-41(27-32)50-39-18-10-8-16-34(39)36-26-31(20-22-40(36)50)30-19-21-38-35(25-30)33-15-7-9-17-37(33)46-38/h1-41H;1-27,46H. The summed E-state index contributed by atoms with van der Waals surface area (Å²) in [6, 6.07) is 136. The summed E-state index contributed by atoms with van der Waals surface area (Å²) in [4.78, 5) is 58.3. The van der Waals surface area contributed by atoms with Crippen LogP contribution >= 0.6 is 0 Å². The zero-order valence-electron chi connectivity index (χ0n) is 66.5. The Morgan fingerprint density at radius 1 is 0.161 bits per heavy atom. The molecule has 10 heterocycles. The van der Waals surface area contributed by atoms with E-state index in [1.807, 2.05) is 195 Å². The van der Waals surface area contributed by atoms with Gasteiger partial charge in [-0.3, -0.25) is 13.7 Å². The minimum Gasteiger partial charge on any atom is -0.355 e. The van der Waals surface area contributed by atoms with Crippen molar-refractivity contribution in [3.05, 3.63) is 413 Å². The molecule has 0 spiro atoms. The maximum absolute atomic E-state index is 5.13. The van der Waals surface area contributed by atoms with Crippen LogP contribution in [-0.4, -0.2) is 73.5 Å².